The van der Waals surface area contributed by atoms with Crippen LogP contribution < -0.4 is 0 Å². The summed E-state index contributed by atoms with van der Waals surface area (Å²) in [5.41, 5.74) is 3.89. The zero-order chi connectivity index (χ0) is 11.4. The van der Waals surface area contributed by atoms with Crippen LogP contribution in [0.4, 0.5) is 0 Å². The third-order valence-corrected chi connectivity index (χ3v) is 2.90. The van der Waals surface area contributed by atoms with Crippen LogP contribution in [-0.4, -0.2) is 0 Å². The molecule has 0 aliphatic rings. The van der Waals surface area contributed by atoms with Gasteiger partial charge in [-0.3, -0.25) is 0 Å². The molecule has 0 amide bonds. The number of hydrogen-bond donors (Lipinski definition) is 0. The van der Waals surface area contributed by atoms with Gasteiger partial charge in [-0.05, 0) is 35.2 Å². The van der Waals surface area contributed by atoms with Gasteiger partial charge in [0.1, 0.15) is 0 Å². The number of halogens is 1. The van der Waals surface area contributed by atoms with Gasteiger partial charge in [0.2, 0.25) is 0 Å². The van der Waals surface area contributed by atoms with E-state index in [1.807, 2.05) is 12.1 Å². The molecular weight excluding hydrogens is 216 g/mol. The molecule has 0 aromatic heterocycles. The van der Waals surface area contributed by atoms with E-state index in [1.165, 1.54) is 23.1 Å². The van der Waals surface area contributed by atoms with Gasteiger partial charge in [0.25, 0.3) is 0 Å². The normalized spacial score (nSPS) is 10.4. The highest BCUT2D eigenvalue weighted by Gasteiger charge is 1.98. The predicted octanol–water partition coefficient (Wildman–Crippen LogP) is 4.96. The summed E-state index contributed by atoms with van der Waals surface area (Å²) in [6.07, 6.45) is 2.32. The fourth-order valence-electron chi connectivity index (χ4n) is 1.84. The predicted molar refractivity (Wildman–Crippen MR) is 70.9 cm³/mol. The lowest BCUT2D eigenvalue weighted by atomic mass is 10.0. The molecule has 16 heavy (non-hydrogen) atoms. The third-order valence-electron chi connectivity index (χ3n) is 2.64. The molecule has 2 aromatic carbocycles. The molecule has 0 atom stereocenters. The van der Waals surface area contributed by atoms with Gasteiger partial charge in [-0.25, -0.2) is 0 Å². The molecule has 0 saturated heterocycles. The zero-order valence-corrected chi connectivity index (χ0v) is 10.2. The average Bonchev–Trinajstić information content (AvgIpc) is 2.31. The molecule has 0 N–H and O–H groups in total. The number of hydrogen-bond acceptors (Lipinski definition) is 0. The molecule has 2 aromatic rings. The Kier molecular flexibility index (Phi) is 3.63. The quantitative estimate of drug-likeness (QED) is 0.699. The van der Waals surface area contributed by atoms with E-state index in [0.29, 0.717) is 0 Å². The Morgan fingerprint density at radius 2 is 1.69 bits per heavy atom. The molecule has 0 heterocycles. The summed E-state index contributed by atoms with van der Waals surface area (Å²) in [6.45, 7) is 2.20. The van der Waals surface area contributed by atoms with Crippen molar-refractivity contribution in [2.45, 2.75) is 19.8 Å². The summed E-state index contributed by atoms with van der Waals surface area (Å²) in [5.74, 6) is 0. The van der Waals surface area contributed by atoms with Crippen molar-refractivity contribution in [3.8, 4) is 11.1 Å². The van der Waals surface area contributed by atoms with E-state index < -0.39 is 0 Å². The molecule has 0 aliphatic carbocycles. The van der Waals surface area contributed by atoms with Crippen molar-refractivity contribution >= 4 is 11.6 Å². The first-order chi connectivity index (χ1) is 7.79. The lowest BCUT2D eigenvalue weighted by Gasteiger charge is -2.04. The lowest BCUT2D eigenvalue weighted by molar-refractivity contribution is 0.922. The number of benzene rings is 2. The summed E-state index contributed by atoms with van der Waals surface area (Å²) in [4.78, 5) is 0. The van der Waals surface area contributed by atoms with Crippen LogP contribution in [0.25, 0.3) is 11.1 Å². The largest absolute Gasteiger partial charge is 0.0843 e. The van der Waals surface area contributed by atoms with E-state index in [1.54, 1.807) is 0 Å². The summed E-state index contributed by atoms with van der Waals surface area (Å²) in [7, 11) is 0. The van der Waals surface area contributed by atoms with Gasteiger partial charge in [0.15, 0.2) is 0 Å². The van der Waals surface area contributed by atoms with Crippen molar-refractivity contribution in [2.24, 2.45) is 0 Å². The van der Waals surface area contributed by atoms with Gasteiger partial charge < -0.3 is 0 Å². The maximum atomic E-state index is 5.88. The van der Waals surface area contributed by atoms with Crippen LogP contribution in [0.3, 0.4) is 0 Å². The minimum Gasteiger partial charge on any atom is -0.0843 e. The van der Waals surface area contributed by atoms with Crippen LogP contribution in [0.1, 0.15) is 18.9 Å². The molecular formula is C15H15Cl. The fraction of sp³-hybridized carbons (Fsp3) is 0.200. The second-order valence-electron chi connectivity index (χ2n) is 3.96. The molecule has 0 radical (unpaired) electrons. The van der Waals surface area contributed by atoms with Crippen LogP contribution in [0, 0.1) is 0 Å². The number of rotatable bonds is 3. The van der Waals surface area contributed by atoms with E-state index >= 15 is 0 Å². The van der Waals surface area contributed by atoms with E-state index in [0.717, 1.165) is 11.4 Å². The molecule has 0 spiro atoms. The van der Waals surface area contributed by atoms with Crippen molar-refractivity contribution in [2.75, 3.05) is 0 Å². The molecule has 2 rings (SSSR count). The van der Waals surface area contributed by atoms with Gasteiger partial charge in [-0.15, -0.1) is 0 Å². The first kappa shape index (κ1) is 11.2. The Morgan fingerprint density at radius 3 is 2.38 bits per heavy atom. The number of aryl methyl sites for hydroxylation is 1. The molecule has 0 aliphatic heterocycles. The van der Waals surface area contributed by atoms with Crippen molar-refractivity contribution < 1.29 is 0 Å². The lowest BCUT2D eigenvalue weighted by Crippen LogP contribution is -1.84. The Morgan fingerprint density at radius 1 is 0.938 bits per heavy atom. The standard InChI is InChI=1S/C15H15Cl/c1-2-4-12-5-3-6-14(11-12)13-7-9-15(16)10-8-13/h3,5-11H,2,4H2,1H3. The minimum atomic E-state index is 0.786. The van der Waals surface area contributed by atoms with E-state index in [4.69, 9.17) is 11.6 Å². The maximum absolute atomic E-state index is 5.88. The highest BCUT2D eigenvalue weighted by atomic mass is 35.5. The Hall–Kier alpha value is -1.27. The van der Waals surface area contributed by atoms with Crippen LogP contribution in [0.5, 0.6) is 0 Å². The molecule has 0 unspecified atom stereocenters. The molecule has 0 bridgehead atoms. The molecule has 0 nitrogen and oxygen atoms in total. The first-order valence-electron chi connectivity index (χ1n) is 5.64. The summed E-state index contributed by atoms with van der Waals surface area (Å²) in [5, 5.41) is 0.786. The van der Waals surface area contributed by atoms with Gasteiger partial charge in [-0.1, -0.05) is 61.3 Å². The van der Waals surface area contributed by atoms with Crippen LogP contribution in [-0.2, 0) is 6.42 Å². The molecule has 1 heteroatoms. The monoisotopic (exact) mass is 230 g/mol. The SMILES string of the molecule is CCCc1cccc(-c2ccc(Cl)cc2)c1. The van der Waals surface area contributed by atoms with Crippen LogP contribution >= 0.6 is 11.6 Å². The maximum Gasteiger partial charge on any atom is 0.0406 e. The van der Waals surface area contributed by atoms with Crippen LogP contribution in [0.2, 0.25) is 5.02 Å². The second-order valence-corrected chi connectivity index (χ2v) is 4.39. The molecule has 0 fully saturated rings. The minimum absolute atomic E-state index is 0.786. The van der Waals surface area contributed by atoms with Crippen molar-refractivity contribution in [3.05, 3.63) is 59.1 Å². The van der Waals surface area contributed by atoms with Crippen LogP contribution in [0.15, 0.2) is 48.5 Å². The summed E-state index contributed by atoms with van der Waals surface area (Å²) < 4.78 is 0. The van der Waals surface area contributed by atoms with Gasteiger partial charge >= 0.3 is 0 Å². The summed E-state index contributed by atoms with van der Waals surface area (Å²) in [6, 6.07) is 16.7. The highest BCUT2D eigenvalue weighted by Crippen LogP contribution is 2.22. The smallest absolute Gasteiger partial charge is 0.0406 e. The average molecular weight is 231 g/mol. The Labute approximate surface area is 102 Å². The summed E-state index contributed by atoms with van der Waals surface area (Å²) >= 11 is 5.88. The topological polar surface area (TPSA) is 0 Å². The van der Waals surface area contributed by atoms with E-state index in [9.17, 15) is 0 Å². The Bertz CT molecular complexity index is 457. The van der Waals surface area contributed by atoms with Gasteiger partial charge in [-0.2, -0.15) is 0 Å². The highest BCUT2D eigenvalue weighted by molar-refractivity contribution is 6.30. The molecule has 0 saturated carbocycles. The Balaban J connectivity index is 2.32. The van der Waals surface area contributed by atoms with E-state index in [-0.39, 0.29) is 0 Å². The van der Waals surface area contributed by atoms with Gasteiger partial charge in [0.05, 0.1) is 0 Å². The van der Waals surface area contributed by atoms with E-state index in [2.05, 4.69) is 43.3 Å². The first-order valence-corrected chi connectivity index (χ1v) is 6.02. The van der Waals surface area contributed by atoms with Crippen molar-refractivity contribution in [1.82, 2.24) is 0 Å². The zero-order valence-electron chi connectivity index (χ0n) is 9.41. The van der Waals surface area contributed by atoms with Crippen molar-refractivity contribution in [3.63, 3.8) is 0 Å². The second kappa shape index (κ2) is 5.18. The van der Waals surface area contributed by atoms with Gasteiger partial charge in [0, 0.05) is 5.02 Å². The fourth-order valence-corrected chi connectivity index (χ4v) is 1.96. The third kappa shape index (κ3) is 2.65. The molecule has 82 valence electrons. The van der Waals surface area contributed by atoms with Crippen molar-refractivity contribution in [1.29, 1.82) is 0 Å².